The first-order valence-corrected chi connectivity index (χ1v) is 10.9. The molecule has 0 fully saturated rings. The number of fused-ring (bicyclic) bond motifs is 1. The Morgan fingerprint density at radius 3 is 2.52 bits per heavy atom. The van der Waals surface area contributed by atoms with E-state index >= 15 is 0 Å². The Hall–Kier alpha value is -3.94. The van der Waals surface area contributed by atoms with Gasteiger partial charge >= 0.3 is 0 Å². The van der Waals surface area contributed by atoms with Crippen molar-refractivity contribution in [1.82, 2.24) is 25.2 Å². The van der Waals surface area contributed by atoms with Gasteiger partial charge in [-0.2, -0.15) is 0 Å². The van der Waals surface area contributed by atoms with Crippen LogP contribution in [-0.4, -0.2) is 37.7 Å². The van der Waals surface area contributed by atoms with E-state index in [1.165, 1.54) is 0 Å². The van der Waals surface area contributed by atoms with Crippen molar-refractivity contribution in [1.29, 1.82) is 0 Å². The number of hydrogen-bond donors (Lipinski definition) is 1. The van der Waals surface area contributed by atoms with E-state index in [1.807, 2.05) is 69.3 Å². The number of nitrogens with zero attached hydrogens (tertiary/aromatic N) is 4. The third-order valence-electron chi connectivity index (χ3n) is 5.49. The van der Waals surface area contributed by atoms with E-state index in [0.29, 0.717) is 11.3 Å². The first kappa shape index (κ1) is 22.3. The summed E-state index contributed by atoms with van der Waals surface area (Å²) in [5.41, 5.74) is 3.30. The highest BCUT2D eigenvalue weighted by molar-refractivity contribution is 5.89. The zero-order valence-corrected chi connectivity index (χ0v) is 18.9. The Kier molecular flexibility index (Phi) is 6.53. The van der Waals surface area contributed by atoms with Crippen LogP contribution < -0.4 is 5.32 Å². The zero-order chi connectivity index (χ0) is 23.4. The summed E-state index contributed by atoms with van der Waals surface area (Å²) in [5.74, 6) is 0.141. The quantitative estimate of drug-likeness (QED) is 0.447. The smallest absolute Gasteiger partial charge is 0.247 e. The van der Waals surface area contributed by atoms with Crippen molar-refractivity contribution >= 4 is 22.8 Å². The molecule has 8 nitrogen and oxygen atoms in total. The third kappa shape index (κ3) is 4.95. The molecule has 0 unspecified atom stereocenters. The van der Waals surface area contributed by atoms with E-state index in [0.717, 1.165) is 16.6 Å². The van der Waals surface area contributed by atoms with E-state index in [-0.39, 0.29) is 30.9 Å². The molecule has 0 aliphatic heterocycles. The number of amides is 2. The largest absolute Gasteiger partial charge is 0.467 e. The van der Waals surface area contributed by atoms with E-state index in [2.05, 4.69) is 15.6 Å². The molecule has 1 atom stereocenters. The van der Waals surface area contributed by atoms with E-state index in [1.54, 1.807) is 28.0 Å². The van der Waals surface area contributed by atoms with Crippen molar-refractivity contribution in [3.05, 3.63) is 83.8 Å². The maximum absolute atomic E-state index is 13.6. The molecule has 170 valence electrons. The fourth-order valence-corrected chi connectivity index (χ4v) is 3.85. The van der Waals surface area contributed by atoms with Crippen molar-refractivity contribution in [3.63, 3.8) is 0 Å². The van der Waals surface area contributed by atoms with Crippen molar-refractivity contribution in [2.24, 2.45) is 0 Å². The van der Waals surface area contributed by atoms with Gasteiger partial charge in [-0.1, -0.05) is 47.2 Å². The number of para-hydroxylation sites is 1. The number of rotatable bonds is 8. The van der Waals surface area contributed by atoms with Crippen LogP contribution in [0.15, 0.2) is 71.3 Å². The first-order valence-electron chi connectivity index (χ1n) is 10.9. The predicted molar refractivity (Wildman–Crippen MR) is 124 cm³/mol. The van der Waals surface area contributed by atoms with Gasteiger partial charge in [-0.05, 0) is 50.6 Å². The van der Waals surface area contributed by atoms with Crippen LogP contribution in [0.1, 0.15) is 36.8 Å². The molecule has 0 aliphatic rings. The van der Waals surface area contributed by atoms with Gasteiger partial charge in [0.15, 0.2) is 0 Å². The number of carbonyl (C=O) groups is 2. The van der Waals surface area contributed by atoms with Crippen LogP contribution in [0.2, 0.25) is 0 Å². The summed E-state index contributed by atoms with van der Waals surface area (Å²) in [6.45, 7) is 6.00. The molecule has 0 spiro atoms. The average molecular weight is 446 g/mol. The van der Waals surface area contributed by atoms with Gasteiger partial charge < -0.3 is 14.6 Å². The molecule has 2 amide bonds. The van der Waals surface area contributed by atoms with Crippen molar-refractivity contribution in [2.45, 2.75) is 45.9 Å². The monoisotopic (exact) mass is 445 g/mol. The van der Waals surface area contributed by atoms with Crippen molar-refractivity contribution < 1.29 is 14.0 Å². The number of nitrogens with one attached hydrogen (secondary N) is 1. The Bertz CT molecular complexity index is 1230. The van der Waals surface area contributed by atoms with Gasteiger partial charge in [-0.25, -0.2) is 4.68 Å². The Balaban J connectivity index is 1.64. The molecule has 2 aromatic heterocycles. The average Bonchev–Trinajstić information content (AvgIpc) is 3.46. The second-order valence-electron chi connectivity index (χ2n) is 8.24. The van der Waals surface area contributed by atoms with Gasteiger partial charge in [-0.15, -0.1) is 5.10 Å². The summed E-state index contributed by atoms with van der Waals surface area (Å²) in [6.07, 6.45) is 1.56. The highest BCUT2D eigenvalue weighted by Gasteiger charge is 2.33. The van der Waals surface area contributed by atoms with Crippen LogP contribution in [-0.2, 0) is 22.7 Å². The number of furan rings is 1. The molecule has 0 bridgehead atoms. The Morgan fingerprint density at radius 1 is 1.06 bits per heavy atom. The lowest BCUT2D eigenvalue weighted by Gasteiger charge is -2.34. The van der Waals surface area contributed by atoms with Gasteiger partial charge in [-0.3, -0.25) is 9.59 Å². The lowest BCUT2D eigenvalue weighted by molar-refractivity contribution is -0.143. The summed E-state index contributed by atoms with van der Waals surface area (Å²) < 4.78 is 6.91. The minimum Gasteiger partial charge on any atom is -0.467 e. The number of benzene rings is 2. The fraction of sp³-hybridized carbons (Fsp3) is 0.280. The fourth-order valence-electron chi connectivity index (χ4n) is 3.85. The molecule has 0 saturated heterocycles. The maximum Gasteiger partial charge on any atom is 0.247 e. The van der Waals surface area contributed by atoms with Crippen LogP contribution >= 0.6 is 0 Å². The van der Waals surface area contributed by atoms with Gasteiger partial charge in [0.2, 0.25) is 11.8 Å². The maximum atomic E-state index is 13.6. The Morgan fingerprint density at radius 2 is 1.82 bits per heavy atom. The van der Waals surface area contributed by atoms with Gasteiger partial charge in [0.25, 0.3) is 0 Å². The molecule has 0 aliphatic carbocycles. The van der Waals surface area contributed by atoms with Crippen molar-refractivity contribution in [2.75, 3.05) is 0 Å². The predicted octanol–water partition coefficient (Wildman–Crippen LogP) is 3.63. The summed E-state index contributed by atoms with van der Waals surface area (Å²) in [5, 5.41) is 11.2. The van der Waals surface area contributed by atoms with E-state index in [4.69, 9.17) is 4.42 Å². The van der Waals surface area contributed by atoms with E-state index < -0.39 is 6.04 Å². The van der Waals surface area contributed by atoms with Gasteiger partial charge in [0.1, 0.15) is 23.9 Å². The standard InChI is InChI=1S/C25H27N5O3/c1-17(2)30(23(31)16-29-22-9-5-4-8-21(22)27-28-29)24(19-12-10-18(3)11-13-19)25(32)26-15-20-7-6-14-33-20/h4-14,17,24H,15-16H2,1-3H3,(H,26,32)/t24-/m0/s1. The molecular formula is C25H27N5O3. The van der Waals surface area contributed by atoms with Crippen LogP contribution in [0.5, 0.6) is 0 Å². The zero-order valence-electron chi connectivity index (χ0n) is 18.9. The summed E-state index contributed by atoms with van der Waals surface area (Å²) >= 11 is 0. The molecule has 4 aromatic rings. The second-order valence-corrected chi connectivity index (χ2v) is 8.24. The minimum absolute atomic E-state index is 0.0213. The third-order valence-corrected chi connectivity index (χ3v) is 5.49. The van der Waals surface area contributed by atoms with Crippen molar-refractivity contribution in [3.8, 4) is 0 Å². The molecule has 1 N–H and O–H groups in total. The SMILES string of the molecule is Cc1ccc([C@@H](C(=O)NCc2ccco2)N(C(=O)Cn2nnc3ccccc32)C(C)C)cc1. The summed E-state index contributed by atoms with van der Waals surface area (Å²) in [7, 11) is 0. The van der Waals surface area contributed by atoms with Gasteiger partial charge in [0.05, 0.1) is 18.3 Å². The molecular weight excluding hydrogens is 418 g/mol. The molecule has 2 aromatic carbocycles. The minimum atomic E-state index is -0.803. The number of carbonyl (C=O) groups excluding carboxylic acids is 2. The van der Waals surface area contributed by atoms with Gasteiger partial charge in [0, 0.05) is 6.04 Å². The Labute approximate surface area is 192 Å². The number of aromatic nitrogens is 3. The number of aryl methyl sites for hydroxylation is 1. The molecule has 8 heteroatoms. The molecule has 4 rings (SSSR count). The molecule has 0 saturated carbocycles. The highest BCUT2D eigenvalue weighted by atomic mass is 16.3. The van der Waals surface area contributed by atoms with Crippen LogP contribution in [0.4, 0.5) is 0 Å². The summed E-state index contributed by atoms with van der Waals surface area (Å²) in [6, 6.07) is 17.7. The lowest BCUT2D eigenvalue weighted by Crippen LogP contribution is -2.48. The summed E-state index contributed by atoms with van der Waals surface area (Å²) in [4.78, 5) is 28.6. The topological polar surface area (TPSA) is 93.3 Å². The van der Waals surface area contributed by atoms with Crippen LogP contribution in [0, 0.1) is 6.92 Å². The van der Waals surface area contributed by atoms with Crippen LogP contribution in [0.25, 0.3) is 11.0 Å². The number of hydrogen-bond acceptors (Lipinski definition) is 5. The normalized spacial score (nSPS) is 12.1. The molecule has 0 radical (unpaired) electrons. The molecule has 2 heterocycles. The van der Waals surface area contributed by atoms with E-state index in [9.17, 15) is 9.59 Å². The molecule has 33 heavy (non-hydrogen) atoms. The second kappa shape index (κ2) is 9.68. The highest BCUT2D eigenvalue weighted by Crippen LogP contribution is 2.25. The lowest BCUT2D eigenvalue weighted by atomic mass is 10.0. The first-order chi connectivity index (χ1) is 15.9. The van der Waals surface area contributed by atoms with Crippen LogP contribution in [0.3, 0.4) is 0 Å².